The number of nitrogens with zero attached hydrogens (tertiary/aromatic N) is 1. The third-order valence-corrected chi connectivity index (χ3v) is 3.83. The van der Waals surface area contributed by atoms with Crippen molar-refractivity contribution in [2.24, 2.45) is 0 Å². The number of hydrogen-bond donors (Lipinski definition) is 1. The van der Waals surface area contributed by atoms with Gasteiger partial charge in [-0.05, 0) is 54.8 Å². The van der Waals surface area contributed by atoms with Crippen molar-refractivity contribution in [2.45, 2.75) is 31.6 Å². The van der Waals surface area contributed by atoms with Gasteiger partial charge in [-0.2, -0.15) is 5.26 Å². The summed E-state index contributed by atoms with van der Waals surface area (Å²) in [7, 11) is 0. The Bertz CT molecular complexity index is 582. The van der Waals surface area contributed by atoms with Gasteiger partial charge in [0.1, 0.15) is 0 Å². The van der Waals surface area contributed by atoms with Crippen LogP contribution < -0.4 is 0 Å². The number of aromatic nitrogens is 1. The van der Waals surface area contributed by atoms with E-state index >= 15 is 0 Å². The molecule has 1 aromatic heterocycles. The maximum absolute atomic E-state index is 9.35. The van der Waals surface area contributed by atoms with Crippen molar-refractivity contribution >= 4 is 10.9 Å². The van der Waals surface area contributed by atoms with Crippen LogP contribution in [0, 0.1) is 18.3 Å². The summed E-state index contributed by atoms with van der Waals surface area (Å²) in [5.41, 5.74) is 3.43. The number of fused-ring (bicyclic) bond motifs is 1. The molecule has 1 fully saturated rings. The largest absolute Gasteiger partial charge is 0.361 e. The van der Waals surface area contributed by atoms with Gasteiger partial charge in [-0.3, -0.25) is 0 Å². The number of H-pyrrole nitrogens is 1. The van der Waals surface area contributed by atoms with Gasteiger partial charge >= 0.3 is 0 Å². The first-order chi connectivity index (χ1) is 7.75. The summed E-state index contributed by atoms with van der Waals surface area (Å²) in [6.45, 7) is 2.10. The number of nitrogens with one attached hydrogen (secondary N) is 1. The molecule has 0 radical (unpaired) electrons. The average Bonchev–Trinajstić information content (AvgIpc) is 2.65. The summed E-state index contributed by atoms with van der Waals surface area (Å²) in [5, 5.41) is 10.6. The minimum absolute atomic E-state index is 0.198. The Morgan fingerprint density at radius 1 is 1.38 bits per heavy atom. The Hall–Kier alpha value is -1.75. The van der Waals surface area contributed by atoms with Crippen LogP contribution in [0.3, 0.4) is 0 Å². The van der Waals surface area contributed by atoms with Crippen LogP contribution in [0.4, 0.5) is 0 Å². The molecular formula is C14H14N2. The zero-order chi connectivity index (χ0) is 11.2. The van der Waals surface area contributed by atoms with Gasteiger partial charge in [0.2, 0.25) is 0 Å². The molecule has 0 bridgehead atoms. The van der Waals surface area contributed by atoms with Crippen LogP contribution in [-0.2, 0) is 5.41 Å². The molecular weight excluding hydrogens is 196 g/mol. The van der Waals surface area contributed by atoms with E-state index in [-0.39, 0.29) is 5.41 Å². The molecule has 0 amide bonds. The van der Waals surface area contributed by atoms with E-state index < -0.39 is 0 Å². The average molecular weight is 210 g/mol. The van der Waals surface area contributed by atoms with Gasteiger partial charge in [-0.1, -0.05) is 6.07 Å². The number of rotatable bonds is 1. The zero-order valence-corrected chi connectivity index (χ0v) is 9.38. The third kappa shape index (κ3) is 1.12. The number of aromatic amines is 1. The Morgan fingerprint density at radius 2 is 2.19 bits per heavy atom. The molecule has 0 unspecified atom stereocenters. The molecule has 2 aromatic rings. The minimum atomic E-state index is -0.198. The Morgan fingerprint density at radius 3 is 2.81 bits per heavy atom. The zero-order valence-electron chi connectivity index (χ0n) is 9.38. The van der Waals surface area contributed by atoms with Crippen molar-refractivity contribution in [1.82, 2.24) is 4.98 Å². The molecule has 0 spiro atoms. The molecule has 0 aliphatic heterocycles. The lowest BCUT2D eigenvalue weighted by Crippen LogP contribution is -2.32. The van der Waals surface area contributed by atoms with E-state index in [1.807, 2.05) is 6.20 Å². The molecule has 1 aromatic carbocycles. The summed E-state index contributed by atoms with van der Waals surface area (Å²) in [4.78, 5) is 3.24. The fourth-order valence-corrected chi connectivity index (χ4v) is 2.63. The molecule has 1 heterocycles. The molecule has 80 valence electrons. The van der Waals surface area contributed by atoms with Crippen LogP contribution in [0.25, 0.3) is 10.9 Å². The van der Waals surface area contributed by atoms with Crippen molar-refractivity contribution in [2.75, 3.05) is 0 Å². The summed E-state index contributed by atoms with van der Waals surface area (Å²) >= 11 is 0. The lowest BCUT2D eigenvalue weighted by atomic mass is 9.65. The molecule has 16 heavy (non-hydrogen) atoms. The van der Waals surface area contributed by atoms with Crippen molar-refractivity contribution in [1.29, 1.82) is 5.26 Å². The molecule has 1 aliphatic carbocycles. The summed E-state index contributed by atoms with van der Waals surface area (Å²) in [5.74, 6) is 0. The van der Waals surface area contributed by atoms with Gasteiger partial charge < -0.3 is 4.98 Å². The number of aryl methyl sites for hydroxylation is 1. The summed E-state index contributed by atoms with van der Waals surface area (Å²) in [6.07, 6.45) is 5.16. The van der Waals surface area contributed by atoms with Gasteiger partial charge in [0.15, 0.2) is 0 Å². The Kier molecular flexibility index (Phi) is 1.85. The normalized spacial score (nSPS) is 18.0. The van der Waals surface area contributed by atoms with Crippen molar-refractivity contribution in [3.8, 4) is 6.07 Å². The fourth-order valence-electron chi connectivity index (χ4n) is 2.63. The quantitative estimate of drug-likeness (QED) is 0.769. The van der Waals surface area contributed by atoms with Crippen LogP contribution in [0.5, 0.6) is 0 Å². The molecule has 1 N–H and O–H groups in total. The minimum Gasteiger partial charge on any atom is -0.361 e. The van der Waals surface area contributed by atoms with Crippen LogP contribution in [0.15, 0.2) is 24.4 Å². The molecule has 2 nitrogen and oxygen atoms in total. The van der Waals surface area contributed by atoms with Crippen LogP contribution >= 0.6 is 0 Å². The maximum Gasteiger partial charge on any atom is 0.0822 e. The second kappa shape index (κ2) is 3.12. The molecule has 2 heteroatoms. The third-order valence-electron chi connectivity index (χ3n) is 3.83. The van der Waals surface area contributed by atoms with E-state index in [4.69, 9.17) is 0 Å². The lowest BCUT2D eigenvalue weighted by molar-refractivity contribution is 0.324. The summed E-state index contributed by atoms with van der Waals surface area (Å²) < 4.78 is 0. The van der Waals surface area contributed by atoms with E-state index in [1.165, 1.54) is 28.5 Å². The highest BCUT2D eigenvalue weighted by molar-refractivity contribution is 5.83. The fraction of sp³-hybridized carbons (Fsp3) is 0.357. The van der Waals surface area contributed by atoms with Crippen molar-refractivity contribution in [3.05, 3.63) is 35.5 Å². The lowest BCUT2D eigenvalue weighted by Gasteiger charge is -2.35. The van der Waals surface area contributed by atoms with E-state index in [9.17, 15) is 5.26 Å². The Balaban J connectivity index is 2.21. The van der Waals surface area contributed by atoms with Gasteiger partial charge in [-0.25, -0.2) is 0 Å². The highest BCUT2D eigenvalue weighted by atomic mass is 14.7. The molecule has 1 aliphatic rings. The predicted molar refractivity (Wildman–Crippen MR) is 64.2 cm³/mol. The SMILES string of the molecule is Cc1cc(C2(C#N)CCC2)cc2cc[nH]c12. The van der Waals surface area contributed by atoms with Crippen LogP contribution in [-0.4, -0.2) is 4.98 Å². The van der Waals surface area contributed by atoms with E-state index in [2.05, 4.69) is 36.2 Å². The van der Waals surface area contributed by atoms with Gasteiger partial charge in [0.25, 0.3) is 0 Å². The second-order valence-corrected chi connectivity index (χ2v) is 4.78. The smallest absolute Gasteiger partial charge is 0.0822 e. The highest BCUT2D eigenvalue weighted by Crippen LogP contribution is 2.44. The van der Waals surface area contributed by atoms with E-state index in [0.717, 1.165) is 12.8 Å². The molecule has 3 rings (SSSR count). The van der Waals surface area contributed by atoms with Crippen molar-refractivity contribution in [3.63, 3.8) is 0 Å². The monoisotopic (exact) mass is 210 g/mol. The van der Waals surface area contributed by atoms with E-state index in [1.54, 1.807) is 0 Å². The van der Waals surface area contributed by atoms with Gasteiger partial charge in [0, 0.05) is 11.7 Å². The molecule has 0 atom stereocenters. The topological polar surface area (TPSA) is 39.6 Å². The number of hydrogen-bond acceptors (Lipinski definition) is 1. The summed E-state index contributed by atoms with van der Waals surface area (Å²) in [6, 6.07) is 8.92. The number of nitriles is 1. The second-order valence-electron chi connectivity index (χ2n) is 4.78. The first-order valence-electron chi connectivity index (χ1n) is 5.75. The predicted octanol–water partition coefficient (Wildman–Crippen LogP) is 3.42. The number of benzene rings is 1. The van der Waals surface area contributed by atoms with Crippen LogP contribution in [0.2, 0.25) is 0 Å². The van der Waals surface area contributed by atoms with Gasteiger partial charge in [-0.15, -0.1) is 0 Å². The molecule has 0 saturated heterocycles. The van der Waals surface area contributed by atoms with E-state index in [0.29, 0.717) is 0 Å². The Labute approximate surface area is 94.9 Å². The highest BCUT2D eigenvalue weighted by Gasteiger charge is 2.39. The van der Waals surface area contributed by atoms with Crippen LogP contribution in [0.1, 0.15) is 30.4 Å². The standard InChI is InChI=1S/C14H14N2/c1-10-7-12(14(9-15)4-2-5-14)8-11-3-6-16-13(10)11/h3,6-8,16H,2,4-5H2,1H3. The molecule has 1 saturated carbocycles. The maximum atomic E-state index is 9.35. The first kappa shape index (κ1) is 9.47. The van der Waals surface area contributed by atoms with Gasteiger partial charge in [0.05, 0.1) is 11.5 Å². The first-order valence-corrected chi connectivity index (χ1v) is 5.75. The van der Waals surface area contributed by atoms with Crippen molar-refractivity contribution < 1.29 is 0 Å².